The molecule has 8 nitrogen and oxygen atoms in total. The quantitative estimate of drug-likeness (QED) is 0.155. The molecule has 2 fully saturated rings. The van der Waals surface area contributed by atoms with E-state index in [9.17, 15) is 13.9 Å². The summed E-state index contributed by atoms with van der Waals surface area (Å²) in [4.78, 5) is 18.5. The molecule has 0 aromatic heterocycles. The molecule has 2 N–H and O–H groups in total. The number of carbonyl (C=O) groups excluding carboxylic acids is 1. The fourth-order valence-electron chi connectivity index (χ4n) is 9.86. The molecule has 2 heterocycles. The van der Waals surface area contributed by atoms with E-state index in [1.165, 1.54) is 22.3 Å². The summed E-state index contributed by atoms with van der Waals surface area (Å²) >= 11 is -2.51. The van der Waals surface area contributed by atoms with Gasteiger partial charge >= 0.3 is 0 Å². The second kappa shape index (κ2) is 16.0. The van der Waals surface area contributed by atoms with Crippen molar-refractivity contribution in [3.63, 3.8) is 0 Å². The summed E-state index contributed by atoms with van der Waals surface area (Å²) < 4.78 is 40.6. The van der Waals surface area contributed by atoms with Crippen LogP contribution in [0.4, 0.5) is 0 Å². The molecule has 0 radical (unpaired) electrons. The van der Waals surface area contributed by atoms with Crippen molar-refractivity contribution in [2.24, 2.45) is 10.8 Å². The third-order valence-corrected chi connectivity index (χ3v) is 16.3. The fourth-order valence-corrected chi connectivity index (χ4v) is 12.0. The molecule has 4 atom stereocenters. The van der Waals surface area contributed by atoms with Gasteiger partial charge in [-0.05, 0) is 133 Å². The van der Waals surface area contributed by atoms with Crippen LogP contribution < -0.4 is 14.2 Å². The molecule has 4 aliphatic rings. The Kier molecular flexibility index (Phi) is 11.4. The van der Waals surface area contributed by atoms with Crippen LogP contribution in [0.5, 0.6) is 11.5 Å². The molecule has 2 spiro atoms. The van der Waals surface area contributed by atoms with Gasteiger partial charge in [-0.25, -0.2) is 0 Å². The number of likely N-dealkylation sites (tertiary alicyclic amines) is 2. The summed E-state index contributed by atoms with van der Waals surface area (Å²) in [7, 11) is 0. The van der Waals surface area contributed by atoms with Gasteiger partial charge in [0.25, 0.3) is 5.91 Å². The number of rotatable bonds is 10. The summed E-state index contributed by atoms with van der Waals surface area (Å²) in [5.41, 5.74) is 5.62. The van der Waals surface area contributed by atoms with Gasteiger partial charge in [0.2, 0.25) is 0 Å². The molecule has 0 bridgehead atoms. The summed E-state index contributed by atoms with van der Waals surface area (Å²) in [6.07, 6.45) is 5.52. The Morgan fingerprint density at radius 1 is 0.684 bits per heavy atom. The molecule has 10 heteroatoms. The van der Waals surface area contributed by atoms with Gasteiger partial charge in [0.15, 0.2) is 4.75 Å². The Balaban J connectivity index is 0.928. The van der Waals surface area contributed by atoms with Crippen molar-refractivity contribution in [1.29, 1.82) is 0 Å². The maximum absolute atomic E-state index is 14.6. The lowest BCUT2D eigenvalue weighted by atomic mass is 9.73. The Hall–Kier alpha value is -3.35. The highest BCUT2D eigenvalue weighted by Crippen LogP contribution is 2.54. The van der Waals surface area contributed by atoms with Crippen LogP contribution in [0.25, 0.3) is 0 Å². The zero-order valence-electron chi connectivity index (χ0n) is 34.1. The number of nitrogens with one attached hydrogen (secondary N) is 2. The average molecular weight is 807 g/mol. The molecule has 2 saturated heterocycles. The van der Waals surface area contributed by atoms with Gasteiger partial charge in [-0.2, -0.15) is 0 Å². The Morgan fingerprint density at radius 2 is 1.18 bits per heavy atom. The first-order valence-electron chi connectivity index (χ1n) is 20.6. The van der Waals surface area contributed by atoms with Crippen molar-refractivity contribution in [2.75, 3.05) is 32.7 Å². The summed E-state index contributed by atoms with van der Waals surface area (Å²) in [6, 6.07) is 34.3. The number of para-hydroxylation sites is 2. The minimum atomic E-state index is -1.34. The molecule has 302 valence electrons. The molecule has 2 aliphatic heterocycles. The third kappa shape index (κ3) is 8.16. The lowest BCUT2D eigenvalue weighted by Gasteiger charge is -2.46. The molecule has 4 aromatic rings. The summed E-state index contributed by atoms with van der Waals surface area (Å²) in [5.74, 6) is 1.24. The van der Waals surface area contributed by atoms with Gasteiger partial charge in [0, 0.05) is 46.6 Å². The number of amides is 1. The van der Waals surface area contributed by atoms with E-state index in [1.54, 1.807) is 0 Å². The van der Waals surface area contributed by atoms with Crippen molar-refractivity contribution < 1.29 is 18.6 Å². The van der Waals surface area contributed by atoms with Crippen LogP contribution in [0.15, 0.2) is 103 Å². The second-order valence-corrected chi connectivity index (χ2v) is 22.3. The number of ether oxygens (including phenoxy) is 1. The Bertz CT molecular complexity index is 2040. The third-order valence-electron chi connectivity index (χ3n) is 13.1. The van der Waals surface area contributed by atoms with Crippen molar-refractivity contribution in [1.82, 2.24) is 19.2 Å². The molecule has 2 aliphatic carbocycles. The monoisotopic (exact) mass is 806 g/mol. The highest BCUT2D eigenvalue weighted by molar-refractivity contribution is 7.91. The minimum Gasteiger partial charge on any atom is -0.598 e. The van der Waals surface area contributed by atoms with Crippen LogP contribution in [0.1, 0.15) is 105 Å². The number of fused-ring (bicyclic) bond motifs is 2. The van der Waals surface area contributed by atoms with Gasteiger partial charge in [0.05, 0.1) is 24.2 Å². The highest BCUT2D eigenvalue weighted by Gasteiger charge is 2.53. The van der Waals surface area contributed by atoms with Gasteiger partial charge in [-0.15, -0.1) is 9.44 Å². The largest absolute Gasteiger partial charge is 0.598 e. The Morgan fingerprint density at radius 3 is 1.75 bits per heavy atom. The number of carbonyl (C=O) groups is 1. The number of piperidine rings is 2. The molecule has 4 aromatic carbocycles. The molecule has 8 rings (SSSR count). The second-order valence-electron chi connectivity index (χ2n) is 18.5. The zero-order valence-corrected chi connectivity index (χ0v) is 35.7. The predicted octanol–water partition coefficient (Wildman–Crippen LogP) is 8.46. The fraction of sp³-hybridized carbons (Fsp3) is 0.468. The lowest BCUT2D eigenvalue weighted by Crippen LogP contribution is -2.55. The van der Waals surface area contributed by atoms with E-state index in [2.05, 4.69) is 76.7 Å². The van der Waals surface area contributed by atoms with Gasteiger partial charge in [-0.3, -0.25) is 9.69 Å². The van der Waals surface area contributed by atoms with Crippen LogP contribution in [0.3, 0.4) is 0 Å². The maximum atomic E-state index is 14.6. The number of nitrogens with zero attached hydrogens (tertiary/aromatic N) is 2. The minimum absolute atomic E-state index is 0.00975. The van der Waals surface area contributed by atoms with E-state index < -0.39 is 27.5 Å². The van der Waals surface area contributed by atoms with E-state index in [0.717, 1.165) is 58.2 Å². The van der Waals surface area contributed by atoms with Gasteiger partial charge in [-0.1, -0.05) is 78.9 Å². The molecular weight excluding hydrogens is 749 g/mol. The maximum Gasteiger partial charge on any atom is 0.257 e. The average Bonchev–Trinajstić information content (AvgIpc) is 3.66. The van der Waals surface area contributed by atoms with Crippen LogP contribution >= 0.6 is 0 Å². The topological polar surface area (TPSA) is 103 Å². The van der Waals surface area contributed by atoms with Crippen LogP contribution in [0.2, 0.25) is 0 Å². The molecule has 57 heavy (non-hydrogen) atoms. The molecule has 1 amide bonds. The van der Waals surface area contributed by atoms with Crippen molar-refractivity contribution >= 4 is 28.6 Å². The van der Waals surface area contributed by atoms with Crippen LogP contribution in [-0.4, -0.2) is 67.0 Å². The van der Waals surface area contributed by atoms with Crippen molar-refractivity contribution in [3.05, 3.63) is 131 Å². The normalized spacial score (nSPS) is 22.6. The van der Waals surface area contributed by atoms with Crippen LogP contribution in [-0.2, 0) is 35.6 Å². The molecule has 0 saturated carbocycles. The number of benzene rings is 4. The van der Waals surface area contributed by atoms with Crippen molar-refractivity contribution in [3.8, 4) is 11.5 Å². The standard InChI is InChI=1S/C47H58N4O4S2/c1-44(2,3)56(53)48-41-37-19-11-9-15-34(37)31-46(41)23-27-50(28-24-46)33-45(4,5)57(54)49-42-38-20-12-10-16-35(38)32-47(42)25-29-51(30-26-47)43(52)39-21-13-14-22-40(39)55-36-17-7-6-8-18-36/h6-22,41-42,48-49H,23-33H2,1-5H3/t41-,42-,56?,57?/m1/s1. The summed E-state index contributed by atoms with van der Waals surface area (Å²) in [6.45, 7) is 14.1. The first kappa shape index (κ1) is 40.4. The summed E-state index contributed by atoms with van der Waals surface area (Å²) in [5, 5.41) is 0. The van der Waals surface area contributed by atoms with E-state index in [4.69, 9.17) is 4.74 Å². The van der Waals surface area contributed by atoms with Gasteiger partial charge < -0.3 is 18.7 Å². The SMILES string of the molecule is CC(C)(C)[S+]([O-])N[C@@H]1c2ccccc2CC12CCN(CC(C)(C)[S+]([O-])N[C@@H]1c3ccccc3CC13CCN(C(=O)c1ccccc1Oc1ccccc1)CC3)CC2. The van der Waals surface area contributed by atoms with E-state index >= 15 is 0 Å². The van der Waals surface area contributed by atoms with Crippen LogP contribution in [0, 0.1) is 10.8 Å². The van der Waals surface area contributed by atoms with E-state index in [0.29, 0.717) is 30.2 Å². The lowest BCUT2D eigenvalue weighted by molar-refractivity contribution is 0.0523. The zero-order chi connectivity index (χ0) is 40.0. The van der Waals surface area contributed by atoms with E-state index in [-0.39, 0.29) is 33.6 Å². The molecule has 2 unspecified atom stereocenters. The Labute approximate surface area is 345 Å². The highest BCUT2D eigenvalue weighted by atomic mass is 32.2. The smallest absolute Gasteiger partial charge is 0.257 e. The molecular formula is C47H58N4O4S2. The van der Waals surface area contributed by atoms with Crippen molar-refractivity contribution in [2.45, 2.75) is 94.7 Å². The number of hydrogen-bond donors (Lipinski definition) is 2. The van der Waals surface area contributed by atoms with Gasteiger partial charge in [0.1, 0.15) is 16.2 Å². The number of hydrogen-bond acceptors (Lipinski definition) is 7. The van der Waals surface area contributed by atoms with E-state index in [1.807, 2.05) is 80.3 Å². The first-order valence-corrected chi connectivity index (χ1v) is 22.9. The first-order chi connectivity index (χ1) is 27.3. The predicted molar refractivity (Wildman–Crippen MR) is 231 cm³/mol.